The Morgan fingerprint density at radius 1 is 1.06 bits per heavy atom. The van der Waals surface area contributed by atoms with Gasteiger partial charge in [-0.3, -0.25) is 0 Å². The Hall–Kier alpha value is -3.98. The van der Waals surface area contributed by atoms with Gasteiger partial charge >= 0.3 is 0 Å². The van der Waals surface area contributed by atoms with Gasteiger partial charge in [-0.05, 0) is 48.9 Å². The van der Waals surface area contributed by atoms with Crippen molar-refractivity contribution in [3.05, 3.63) is 83.8 Å². The highest BCUT2D eigenvalue weighted by molar-refractivity contribution is 7.90. The third-order valence-electron chi connectivity index (χ3n) is 5.86. The maximum atomic E-state index is 14.6. The number of anilines is 4. The van der Waals surface area contributed by atoms with E-state index < -0.39 is 15.7 Å². The van der Waals surface area contributed by atoms with Crippen LogP contribution in [0.5, 0.6) is 0 Å². The third kappa shape index (κ3) is 3.73. The van der Waals surface area contributed by atoms with E-state index in [4.69, 9.17) is 5.73 Å². The molecule has 1 aliphatic rings. The molecule has 7 nitrogen and oxygen atoms in total. The van der Waals surface area contributed by atoms with Gasteiger partial charge in [0.25, 0.3) is 0 Å². The summed E-state index contributed by atoms with van der Waals surface area (Å²) in [6, 6.07) is 17.3. The molecule has 1 aromatic heterocycles. The van der Waals surface area contributed by atoms with Crippen molar-refractivity contribution in [1.29, 1.82) is 0 Å². The predicted octanol–water partition coefficient (Wildman–Crippen LogP) is 4.64. The number of rotatable bonds is 4. The van der Waals surface area contributed by atoms with Gasteiger partial charge in [-0.1, -0.05) is 24.3 Å². The summed E-state index contributed by atoms with van der Waals surface area (Å²) in [6.45, 7) is 2.38. The topological polar surface area (TPSA) is 101 Å². The average molecular weight is 476 g/mol. The lowest BCUT2D eigenvalue weighted by Crippen LogP contribution is -2.29. The van der Waals surface area contributed by atoms with Crippen LogP contribution in [0.2, 0.25) is 0 Å². The minimum absolute atomic E-state index is 0.0218. The van der Waals surface area contributed by atoms with Gasteiger partial charge in [-0.15, -0.1) is 0 Å². The zero-order valence-electron chi connectivity index (χ0n) is 18.6. The first-order valence-corrected chi connectivity index (χ1v) is 12.4. The summed E-state index contributed by atoms with van der Waals surface area (Å²) in [5.41, 5.74) is 9.94. The van der Waals surface area contributed by atoms with E-state index >= 15 is 0 Å². The number of fused-ring (bicyclic) bond motifs is 2. The first kappa shape index (κ1) is 21.8. The summed E-state index contributed by atoms with van der Waals surface area (Å²) >= 11 is 0. The molecule has 172 valence electrons. The van der Waals surface area contributed by atoms with Crippen molar-refractivity contribution in [3.63, 3.8) is 0 Å². The van der Waals surface area contributed by atoms with Crippen molar-refractivity contribution in [1.82, 2.24) is 4.98 Å². The van der Waals surface area contributed by atoms with Crippen LogP contribution in [0.3, 0.4) is 0 Å². The van der Waals surface area contributed by atoms with Crippen LogP contribution >= 0.6 is 0 Å². The fraction of sp³-hybridized carbons (Fsp3) is 0.120. The van der Waals surface area contributed by atoms with Gasteiger partial charge in [0, 0.05) is 28.8 Å². The summed E-state index contributed by atoms with van der Waals surface area (Å²) in [6.07, 6.45) is 2.72. The molecular weight excluding hydrogens is 453 g/mol. The van der Waals surface area contributed by atoms with E-state index in [9.17, 15) is 12.8 Å². The molecule has 4 aromatic rings. The van der Waals surface area contributed by atoms with Gasteiger partial charge in [0.1, 0.15) is 24.1 Å². The zero-order valence-corrected chi connectivity index (χ0v) is 19.4. The zero-order chi connectivity index (χ0) is 24.0. The highest BCUT2D eigenvalue weighted by Crippen LogP contribution is 2.40. The maximum Gasteiger partial charge on any atom is 0.175 e. The summed E-state index contributed by atoms with van der Waals surface area (Å²) in [4.78, 5) is 11.0. The largest absolute Gasteiger partial charge is 0.383 e. The van der Waals surface area contributed by atoms with E-state index in [0.717, 1.165) is 45.6 Å². The molecule has 0 bridgehead atoms. The van der Waals surface area contributed by atoms with Crippen molar-refractivity contribution >= 4 is 49.3 Å². The molecule has 34 heavy (non-hydrogen) atoms. The normalized spacial score (nSPS) is 13.5. The number of pyridine rings is 1. The number of para-hydroxylation sites is 1. The molecule has 0 radical (unpaired) electrons. The molecular formula is C25H22FN5O2S. The van der Waals surface area contributed by atoms with Gasteiger partial charge < -0.3 is 16.0 Å². The van der Waals surface area contributed by atoms with Crippen LogP contribution in [0.15, 0.2) is 76.7 Å². The minimum atomic E-state index is -3.49. The summed E-state index contributed by atoms with van der Waals surface area (Å²) in [5.74, 6) is 0.333. The monoisotopic (exact) mass is 475 g/mol. The Morgan fingerprint density at radius 3 is 2.65 bits per heavy atom. The smallest absolute Gasteiger partial charge is 0.175 e. The van der Waals surface area contributed by atoms with Gasteiger partial charge in [0.2, 0.25) is 0 Å². The Bertz CT molecular complexity index is 1580. The lowest BCUT2D eigenvalue weighted by molar-refractivity contribution is 0.600. The number of nitrogens with zero attached hydrogens (tertiary/aromatic N) is 3. The molecule has 9 heteroatoms. The van der Waals surface area contributed by atoms with E-state index in [1.807, 2.05) is 49.4 Å². The Kier molecular flexibility index (Phi) is 5.21. The minimum Gasteiger partial charge on any atom is -0.383 e. The van der Waals surface area contributed by atoms with Crippen LogP contribution in [0.1, 0.15) is 11.1 Å². The molecule has 0 saturated carbocycles. The second-order valence-electron chi connectivity index (χ2n) is 8.15. The number of aromatic nitrogens is 1. The first-order valence-electron chi connectivity index (χ1n) is 10.6. The molecule has 0 aliphatic carbocycles. The van der Waals surface area contributed by atoms with Crippen LogP contribution in [-0.4, -0.2) is 32.2 Å². The summed E-state index contributed by atoms with van der Waals surface area (Å²) in [7, 11) is -3.49. The van der Waals surface area contributed by atoms with Crippen LogP contribution in [0.4, 0.5) is 27.3 Å². The van der Waals surface area contributed by atoms with Crippen molar-refractivity contribution in [2.75, 3.05) is 23.1 Å². The van der Waals surface area contributed by atoms with Gasteiger partial charge in [0.15, 0.2) is 9.84 Å². The summed E-state index contributed by atoms with van der Waals surface area (Å²) < 4.78 is 38.5. The molecule has 0 saturated heterocycles. The van der Waals surface area contributed by atoms with Gasteiger partial charge in [-0.25, -0.2) is 22.8 Å². The third-order valence-corrected chi connectivity index (χ3v) is 6.97. The highest BCUT2D eigenvalue weighted by Gasteiger charge is 2.23. The molecule has 0 amide bonds. The van der Waals surface area contributed by atoms with Gasteiger partial charge in [0.05, 0.1) is 22.0 Å². The van der Waals surface area contributed by atoms with Crippen LogP contribution in [0.25, 0.3) is 10.8 Å². The number of aliphatic imine (C=N–C) groups is 1. The fourth-order valence-corrected chi connectivity index (χ4v) is 4.84. The quantitative estimate of drug-likeness (QED) is 0.417. The van der Waals surface area contributed by atoms with Crippen LogP contribution in [0, 0.1) is 12.7 Å². The van der Waals surface area contributed by atoms with E-state index in [-0.39, 0.29) is 10.6 Å². The van der Waals surface area contributed by atoms with Crippen LogP contribution < -0.4 is 16.0 Å². The molecule has 3 N–H and O–H groups in total. The molecule has 3 aromatic carbocycles. The highest BCUT2D eigenvalue weighted by atomic mass is 32.2. The predicted molar refractivity (Wildman–Crippen MR) is 133 cm³/mol. The molecule has 0 atom stereocenters. The number of benzene rings is 3. The number of halogens is 1. The van der Waals surface area contributed by atoms with Crippen molar-refractivity contribution in [2.24, 2.45) is 10.7 Å². The molecule has 0 fully saturated rings. The van der Waals surface area contributed by atoms with E-state index in [2.05, 4.69) is 20.2 Å². The number of sulfone groups is 1. The molecule has 1 aliphatic heterocycles. The van der Waals surface area contributed by atoms with Crippen LogP contribution in [-0.2, 0) is 9.84 Å². The Morgan fingerprint density at radius 2 is 1.85 bits per heavy atom. The average Bonchev–Trinajstić information content (AvgIpc) is 2.81. The number of nitrogens with two attached hydrogens (primary N) is 1. The maximum absolute atomic E-state index is 14.6. The SMILES string of the molecule is Cc1ccc2c(Nc3cc(S(C)(=O)=O)ccc3F)nccc2c1N1CN=C(N)c2ccccc21. The lowest BCUT2D eigenvalue weighted by atomic mass is 10.0. The Labute approximate surface area is 196 Å². The standard InChI is InChI=1S/C25H22FN5O2S/c1-15-7-9-18-17(23(15)31-14-29-24(27)19-5-3-4-6-22(19)31)11-12-28-25(18)30-21-13-16(34(2,32)33)8-10-20(21)26/h3-13H,14H2,1-2H3,(H2,27,29)(H,28,30). The number of amidine groups is 1. The number of nitrogens with one attached hydrogen (secondary N) is 1. The van der Waals surface area contributed by atoms with E-state index in [1.165, 1.54) is 12.1 Å². The number of hydrogen-bond acceptors (Lipinski definition) is 7. The number of hydrogen-bond donors (Lipinski definition) is 2. The van der Waals surface area contributed by atoms with Crippen molar-refractivity contribution in [3.8, 4) is 0 Å². The second kappa shape index (κ2) is 8.11. The Balaban J connectivity index is 1.65. The number of aryl methyl sites for hydroxylation is 1. The fourth-order valence-electron chi connectivity index (χ4n) is 4.19. The second-order valence-corrected chi connectivity index (χ2v) is 10.2. The molecule has 2 heterocycles. The van der Waals surface area contributed by atoms with Crippen molar-refractivity contribution < 1.29 is 12.8 Å². The lowest BCUT2D eigenvalue weighted by Gasteiger charge is -2.31. The summed E-state index contributed by atoms with van der Waals surface area (Å²) in [5, 5.41) is 4.63. The molecule has 0 spiro atoms. The molecule has 0 unspecified atom stereocenters. The van der Waals surface area contributed by atoms with Gasteiger partial charge in [-0.2, -0.15) is 0 Å². The van der Waals surface area contributed by atoms with E-state index in [1.54, 1.807) is 6.20 Å². The van der Waals surface area contributed by atoms with E-state index in [0.29, 0.717) is 18.3 Å². The molecule has 5 rings (SSSR count). The first-order chi connectivity index (χ1) is 16.2. The van der Waals surface area contributed by atoms with Crippen molar-refractivity contribution in [2.45, 2.75) is 11.8 Å².